The van der Waals surface area contributed by atoms with Gasteiger partial charge in [0.05, 0.1) is 24.3 Å². The molecule has 0 aromatic heterocycles. The average Bonchev–Trinajstić information content (AvgIpc) is 2.78. The third-order valence-corrected chi connectivity index (χ3v) is 4.68. The summed E-state index contributed by atoms with van der Waals surface area (Å²) in [5.41, 5.74) is 1.38. The van der Waals surface area contributed by atoms with Crippen LogP contribution in [-0.2, 0) is 20.8 Å². The highest BCUT2D eigenvalue weighted by Gasteiger charge is 2.23. The molecule has 7 heteroatoms. The van der Waals surface area contributed by atoms with Crippen LogP contribution < -0.4 is 0 Å². The number of carbonyl (C=O) groups excluding carboxylic acids is 3. The highest BCUT2D eigenvalue weighted by Crippen LogP contribution is 2.15. The van der Waals surface area contributed by atoms with Crippen LogP contribution in [0.3, 0.4) is 0 Å². The summed E-state index contributed by atoms with van der Waals surface area (Å²) in [6.07, 6.45) is 0. The zero-order chi connectivity index (χ0) is 20.6. The molecule has 7 nitrogen and oxygen atoms in total. The van der Waals surface area contributed by atoms with E-state index in [0.717, 1.165) is 5.56 Å². The van der Waals surface area contributed by atoms with Crippen LogP contribution in [0.1, 0.15) is 26.3 Å². The van der Waals surface area contributed by atoms with Crippen LogP contribution in [0.2, 0.25) is 0 Å². The molecule has 29 heavy (non-hydrogen) atoms. The van der Waals surface area contributed by atoms with E-state index in [1.807, 2.05) is 30.3 Å². The number of nitrogens with zero attached hydrogens (tertiary/aromatic N) is 2. The van der Waals surface area contributed by atoms with Gasteiger partial charge in [0.15, 0.2) is 6.61 Å². The Hall–Kier alpha value is -3.19. The molecule has 1 heterocycles. The van der Waals surface area contributed by atoms with Crippen molar-refractivity contribution in [2.24, 2.45) is 0 Å². The lowest BCUT2D eigenvalue weighted by Crippen LogP contribution is -2.42. The van der Waals surface area contributed by atoms with Gasteiger partial charge in [0.25, 0.3) is 11.8 Å². The van der Waals surface area contributed by atoms with E-state index in [-0.39, 0.29) is 29.5 Å². The van der Waals surface area contributed by atoms with Crippen LogP contribution in [0, 0.1) is 0 Å². The van der Waals surface area contributed by atoms with Gasteiger partial charge >= 0.3 is 5.97 Å². The predicted molar refractivity (Wildman–Crippen MR) is 106 cm³/mol. The first-order chi connectivity index (χ1) is 14.1. The maximum absolute atomic E-state index is 12.9. The van der Waals surface area contributed by atoms with Crippen molar-refractivity contribution >= 4 is 17.8 Å². The summed E-state index contributed by atoms with van der Waals surface area (Å²) in [4.78, 5) is 40.8. The van der Waals surface area contributed by atoms with Gasteiger partial charge in [0.2, 0.25) is 0 Å². The van der Waals surface area contributed by atoms with Gasteiger partial charge in [-0.3, -0.25) is 9.59 Å². The van der Waals surface area contributed by atoms with Gasteiger partial charge in [-0.15, -0.1) is 0 Å². The summed E-state index contributed by atoms with van der Waals surface area (Å²) in [6, 6.07) is 16.1. The number of hydrogen-bond acceptors (Lipinski definition) is 5. The van der Waals surface area contributed by atoms with Gasteiger partial charge in [0, 0.05) is 26.7 Å². The molecule has 0 spiro atoms. The van der Waals surface area contributed by atoms with Crippen LogP contribution in [-0.4, -0.2) is 67.5 Å². The van der Waals surface area contributed by atoms with Crippen molar-refractivity contribution in [1.82, 2.24) is 9.80 Å². The van der Waals surface area contributed by atoms with E-state index in [9.17, 15) is 14.4 Å². The molecule has 0 atom stereocenters. The van der Waals surface area contributed by atoms with E-state index in [1.54, 1.807) is 35.0 Å². The number of carbonyl (C=O) groups is 3. The lowest BCUT2D eigenvalue weighted by molar-refractivity contribution is -0.138. The molecule has 2 aromatic carbocycles. The number of benzene rings is 2. The first-order valence-electron chi connectivity index (χ1n) is 9.47. The highest BCUT2D eigenvalue weighted by molar-refractivity contribution is 6.05. The largest absolute Gasteiger partial charge is 0.452 e. The van der Waals surface area contributed by atoms with Gasteiger partial charge < -0.3 is 19.3 Å². The Labute approximate surface area is 169 Å². The first-order valence-corrected chi connectivity index (χ1v) is 9.47. The fraction of sp³-hybridized carbons (Fsp3) is 0.318. The van der Waals surface area contributed by atoms with Crippen LogP contribution in [0.15, 0.2) is 54.6 Å². The summed E-state index contributed by atoms with van der Waals surface area (Å²) in [5, 5.41) is 0. The number of morpholine rings is 1. The fourth-order valence-electron chi connectivity index (χ4n) is 3.09. The van der Waals surface area contributed by atoms with Crippen molar-refractivity contribution < 1.29 is 23.9 Å². The molecule has 1 aliphatic rings. The summed E-state index contributed by atoms with van der Waals surface area (Å²) in [6.45, 7) is 1.97. The predicted octanol–water partition coefficient (Wildman–Crippen LogP) is 1.97. The molecular formula is C22H24N2O5. The standard InChI is InChI=1S/C22H24N2O5/c1-23(15-17-7-3-2-4-8-17)21(26)18-9-5-6-10-19(18)22(27)29-16-20(25)24-11-13-28-14-12-24/h2-10H,11-16H2,1H3. The molecule has 0 aliphatic carbocycles. The SMILES string of the molecule is CN(Cc1ccccc1)C(=O)c1ccccc1C(=O)OCC(=O)N1CCOCC1. The average molecular weight is 396 g/mol. The molecule has 0 radical (unpaired) electrons. The molecule has 0 saturated carbocycles. The lowest BCUT2D eigenvalue weighted by Gasteiger charge is -2.26. The molecule has 2 aromatic rings. The molecule has 0 unspecified atom stereocenters. The van der Waals surface area contributed by atoms with Crippen molar-refractivity contribution in [2.45, 2.75) is 6.54 Å². The quantitative estimate of drug-likeness (QED) is 0.698. The molecule has 1 aliphatic heterocycles. The number of hydrogen-bond donors (Lipinski definition) is 0. The molecular weight excluding hydrogens is 372 g/mol. The normalized spacial score (nSPS) is 13.6. The van der Waals surface area contributed by atoms with Crippen molar-refractivity contribution in [3.05, 3.63) is 71.3 Å². The van der Waals surface area contributed by atoms with Gasteiger partial charge in [0.1, 0.15) is 0 Å². The number of amides is 2. The zero-order valence-electron chi connectivity index (χ0n) is 16.4. The van der Waals surface area contributed by atoms with Crippen LogP contribution in [0.25, 0.3) is 0 Å². The van der Waals surface area contributed by atoms with Gasteiger partial charge in [-0.25, -0.2) is 4.79 Å². The number of rotatable bonds is 6. The molecule has 1 saturated heterocycles. The first kappa shape index (κ1) is 20.5. The summed E-state index contributed by atoms with van der Waals surface area (Å²) in [7, 11) is 1.68. The third kappa shape index (κ3) is 5.42. The molecule has 1 fully saturated rings. The molecule has 3 rings (SSSR count). The van der Waals surface area contributed by atoms with Crippen molar-refractivity contribution in [2.75, 3.05) is 40.0 Å². The van der Waals surface area contributed by atoms with E-state index in [1.165, 1.54) is 6.07 Å². The second-order valence-electron chi connectivity index (χ2n) is 6.76. The Morgan fingerprint density at radius 2 is 1.59 bits per heavy atom. The topological polar surface area (TPSA) is 76.2 Å². The van der Waals surface area contributed by atoms with E-state index in [0.29, 0.717) is 32.8 Å². The Bertz CT molecular complexity index is 863. The molecule has 2 amide bonds. The molecule has 0 bridgehead atoms. The monoisotopic (exact) mass is 396 g/mol. The fourth-order valence-corrected chi connectivity index (χ4v) is 3.09. The Balaban J connectivity index is 1.65. The number of esters is 1. The second kappa shape index (κ2) is 9.84. The molecule has 0 N–H and O–H groups in total. The highest BCUT2D eigenvalue weighted by atomic mass is 16.5. The minimum atomic E-state index is -0.691. The Morgan fingerprint density at radius 1 is 0.966 bits per heavy atom. The van der Waals surface area contributed by atoms with Gasteiger partial charge in [-0.05, 0) is 17.7 Å². The Morgan fingerprint density at radius 3 is 2.28 bits per heavy atom. The smallest absolute Gasteiger partial charge is 0.339 e. The maximum Gasteiger partial charge on any atom is 0.339 e. The Kier molecular flexibility index (Phi) is 6.97. The summed E-state index contributed by atoms with van der Waals surface area (Å²) >= 11 is 0. The van der Waals surface area contributed by atoms with Crippen LogP contribution in [0.4, 0.5) is 0 Å². The zero-order valence-corrected chi connectivity index (χ0v) is 16.4. The maximum atomic E-state index is 12.9. The minimum absolute atomic E-state index is 0.146. The summed E-state index contributed by atoms with van der Waals surface area (Å²) in [5.74, 6) is -1.25. The van der Waals surface area contributed by atoms with E-state index in [2.05, 4.69) is 0 Å². The van der Waals surface area contributed by atoms with E-state index < -0.39 is 5.97 Å². The molecule has 152 valence electrons. The van der Waals surface area contributed by atoms with Crippen molar-refractivity contribution in [1.29, 1.82) is 0 Å². The van der Waals surface area contributed by atoms with E-state index in [4.69, 9.17) is 9.47 Å². The third-order valence-electron chi connectivity index (χ3n) is 4.68. The van der Waals surface area contributed by atoms with E-state index >= 15 is 0 Å². The van der Waals surface area contributed by atoms with Gasteiger partial charge in [-0.2, -0.15) is 0 Å². The van der Waals surface area contributed by atoms with Crippen LogP contribution in [0.5, 0.6) is 0 Å². The minimum Gasteiger partial charge on any atom is -0.452 e. The van der Waals surface area contributed by atoms with Crippen molar-refractivity contribution in [3.63, 3.8) is 0 Å². The number of ether oxygens (including phenoxy) is 2. The van der Waals surface area contributed by atoms with Crippen molar-refractivity contribution in [3.8, 4) is 0 Å². The van der Waals surface area contributed by atoms with Crippen LogP contribution >= 0.6 is 0 Å². The summed E-state index contributed by atoms with van der Waals surface area (Å²) < 4.78 is 10.4. The lowest BCUT2D eigenvalue weighted by atomic mass is 10.1. The second-order valence-corrected chi connectivity index (χ2v) is 6.76. The van der Waals surface area contributed by atoms with Gasteiger partial charge in [-0.1, -0.05) is 42.5 Å².